The number of carbonyl (C=O) groups is 2. The molecule has 1 N–H and O–H groups in total. The molecule has 6 heteroatoms. The number of rotatable bonds is 8. The van der Waals surface area contributed by atoms with Crippen molar-refractivity contribution in [2.24, 2.45) is 22.7 Å². The van der Waals surface area contributed by atoms with E-state index in [0.717, 1.165) is 0 Å². The smallest absolute Gasteiger partial charge is 0.313 e. The molecule has 2 unspecified atom stereocenters. The molecule has 0 spiro atoms. The number of nitrogens with zero attached hydrogens (tertiary/aromatic N) is 1. The van der Waals surface area contributed by atoms with Crippen molar-refractivity contribution in [1.82, 2.24) is 4.98 Å². The monoisotopic (exact) mass is 413 g/mol. The summed E-state index contributed by atoms with van der Waals surface area (Å²) in [7, 11) is 0. The van der Waals surface area contributed by atoms with Gasteiger partial charge in [-0.2, -0.15) is 0 Å². The lowest BCUT2D eigenvalue weighted by Gasteiger charge is -2.27. The molecule has 0 bridgehead atoms. The fourth-order valence-electron chi connectivity index (χ4n) is 2.39. The summed E-state index contributed by atoms with van der Waals surface area (Å²) in [5.74, 6) is 3.36. The zero-order chi connectivity index (χ0) is 23.3. The molecule has 2 atom stereocenters. The minimum absolute atomic E-state index is 0.115. The molecule has 0 amide bonds. The van der Waals surface area contributed by atoms with Gasteiger partial charge in [0.15, 0.2) is 0 Å². The van der Waals surface area contributed by atoms with Gasteiger partial charge in [-0.15, -0.1) is 24.7 Å². The van der Waals surface area contributed by atoms with Crippen LogP contribution in [0.15, 0.2) is 6.20 Å². The summed E-state index contributed by atoms with van der Waals surface area (Å²) in [6, 6.07) is 0. The van der Waals surface area contributed by atoms with Gasteiger partial charge in [0.25, 0.3) is 0 Å². The average molecular weight is 414 g/mol. The van der Waals surface area contributed by atoms with E-state index in [9.17, 15) is 14.7 Å². The molecule has 0 aromatic carbocycles. The van der Waals surface area contributed by atoms with E-state index in [1.165, 1.54) is 6.20 Å². The van der Waals surface area contributed by atoms with E-state index < -0.39 is 22.8 Å². The summed E-state index contributed by atoms with van der Waals surface area (Å²) in [5, 5.41) is 10.4. The Bertz CT molecular complexity index is 886. The van der Waals surface area contributed by atoms with E-state index in [-0.39, 0.29) is 30.8 Å². The first-order chi connectivity index (χ1) is 13.8. The summed E-state index contributed by atoms with van der Waals surface area (Å²) < 4.78 is 10.9. The molecule has 1 rings (SSSR count). The van der Waals surface area contributed by atoms with Crippen LogP contribution < -0.4 is 0 Å². The molecule has 0 fully saturated rings. The second-order valence-electron chi connectivity index (χ2n) is 8.57. The average Bonchev–Trinajstić information content (AvgIpc) is 2.71. The SMILES string of the molecule is C#CC(C)C(C)(C)C(=O)OCc1cnc(C)c(O)c1COC(=O)C(C)(C)C(C)C#C. The number of aromatic hydroxyl groups is 1. The maximum atomic E-state index is 12.5. The summed E-state index contributed by atoms with van der Waals surface area (Å²) in [6.45, 7) is 11.6. The largest absolute Gasteiger partial charge is 0.506 e. The predicted molar refractivity (Wildman–Crippen MR) is 114 cm³/mol. The van der Waals surface area contributed by atoms with Crippen LogP contribution in [0.1, 0.15) is 58.4 Å². The molecule has 1 aromatic heterocycles. The Morgan fingerprint density at radius 3 is 1.90 bits per heavy atom. The van der Waals surface area contributed by atoms with Crippen molar-refractivity contribution in [3.63, 3.8) is 0 Å². The third kappa shape index (κ3) is 5.33. The van der Waals surface area contributed by atoms with Crippen LogP contribution in [-0.4, -0.2) is 22.0 Å². The van der Waals surface area contributed by atoms with Crippen LogP contribution in [0.4, 0.5) is 0 Å². The number of esters is 2. The summed E-state index contributed by atoms with van der Waals surface area (Å²) in [4.78, 5) is 29.1. The molecule has 0 aliphatic rings. The lowest BCUT2D eigenvalue weighted by Crippen LogP contribution is -2.33. The quantitative estimate of drug-likeness (QED) is 0.516. The topological polar surface area (TPSA) is 85.7 Å². The second-order valence-corrected chi connectivity index (χ2v) is 8.57. The van der Waals surface area contributed by atoms with E-state index in [0.29, 0.717) is 16.8 Å². The van der Waals surface area contributed by atoms with Crippen molar-refractivity contribution >= 4 is 11.9 Å². The zero-order valence-electron chi connectivity index (χ0n) is 18.8. The van der Waals surface area contributed by atoms with Crippen molar-refractivity contribution in [2.75, 3.05) is 0 Å². The van der Waals surface area contributed by atoms with Gasteiger partial charge in [0, 0.05) is 29.2 Å². The number of hydrogen-bond donors (Lipinski definition) is 1. The molecular weight excluding hydrogens is 382 g/mol. The number of terminal acetylenes is 2. The van der Waals surface area contributed by atoms with Crippen molar-refractivity contribution in [2.45, 2.75) is 61.7 Å². The number of ether oxygens (including phenoxy) is 2. The van der Waals surface area contributed by atoms with Gasteiger partial charge in [-0.25, -0.2) is 0 Å². The van der Waals surface area contributed by atoms with Gasteiger partial charge in [0.05, 0.1) is 16.5 Å². The fraction of sp³-hybridized carbons (Fsp3) is 0.542. The first-order valence-electron chi connectivity index (χ1n) is 9.73. The highest BCUT2D eigenvalue weighted by Gasteiger charge is 2.36. The number of pyridine rings is 1. The highest BCUT2D eigenvalue weighted by atomic mass is 16.5. The van der Waals surface area contributed by atoms with Gasteiger partial charge < -0.3 is 14.6 Å². The molecule has 0 saturated carbocycles. The molecular formula is C24H31NO5. The lowest BCUT2D eigenvalue weighted by atomic mass is 9.80. The summed E-state index contributed by atoms with van der Waals surface area (Å²) >= 11 is 0. The van der Waals surface area contributed by atoms with E-state index in [1.54, 1.807) is 48.5 Å². The number of aromatic nitrogens is 1. The van der Waals surface area contributed by atoms with Crippen LogP contribution in [-0.2, 0) is 32.3 Å². The Hall–Kier alpha value is -2.99. The number of aryl methyl sites for hydroxylation is 1. The highest BCUT2D eigenvalue weighted by Crippen LogP contribution is 2.31. The third-order valence-corrected chi connectivity index (χ3v) is 5.85. The molecule has 1 heterocycles. The maximum absolute atomic E-state index is 12.5. The van der Waals surface area contributed by atoms with Gasteiger partial charge in [-0.3, -0.25) is 14.6 Å². The van der Waals surface area contributed by atoms with Crippen LogP contribution in [0.3, 0.4) is 0 Å². The van der Waals surface area contributed by atoms with Gasteiger partial charge in [-0.1, -0.05) is 13.8 Å². The van der Waals surface area contributed by atoms with Crippen LogP contribution >= 0.6 is 0 Å². The first-order valence-corrected chi connectivity index (χ1v) is 9.73. The van der Waals surface area contributed by atoms with Crippen LogP contribution in [0.25, 0.3) is 0 Å². The van der Waals surface area contributed by atoms with E-state index >= 15 is 0 Å². The molecule has 0 saturated heterocycles. The first kappa shape index (κ1) is 25.0. The van der Waals surface area contributed by atoms with Gasteiger partial charge in [0.1, 0.15) is 19.0 Å². The van der Waals surface area contributed by atoms with Crippen LogP contribution in [0, 0.1) is 54.3 Å². The summed E-state index contributed by atoms with van der Waals surface area (Å²) in [6.07, 6.45) is 12.4. The molecule has 0 radical (unpaired) electrons. The molecule has 0 aliphatic carbocycles. The normalized spacial score (nSPS) is 13.5. The molecule has 30 heavy (non-hydrogen) atoms. The Morgan fingerprint density at radius 1 is 1.03 bits per heavy atom. The Balaban J connectivity index is 3.04. The van der Waals surface area contributed by atoms with Crippen molar-refractivity contribution in [3.05, 3.63) is 23.0 Å². The van der Waals surface area contributed by atoms with E-state index in [2.05, 4.69) is 16.8 Å². The lowest BCUT2D eigenvalue weighted by molar-refractivity contribution is -0.158. The van der Waals surface area contributed by atoms with E-state index in [1.807, 2.05) is 0 Å². The number of carbonyl (C=O) groups excluding carboxylic acids is 2. The van der Waals surface area contributed by atoms with Crippen molar-refractivity contribution < 1.29 is 24.2 Å². The predicted octanol–water partition coefficient (Wildman–Crippen LogP) is 3.77. The summed E-state index contributed by atoms with van der Waals surface area (Å²) in [5.41, 5.74) is -0.638. The Morgan fingerprint density at radius 2 is 1.47 bits per heavy atom. The fourth-order valence-corrected chi connectivity index (χ4v) is 2.39. The minimum Gasteiger partial charge on any atom is -0.506 e. The molecule has 0 aliphatic heterocycles. The van der Waals surface area contributed by atoms with Crippen molar-refractivity contribution in [1.29, 1.82) is 0 Å². The molecule has 162 valence electrons. The van der Waals surface area contributed by atoms with Gasteiger partial charge in [-0.05, 0) is 34.6 Å². The standard InChI is InChI=1S/C24H31NO5/c1-10-15(3)23(6,7)21(27)29-13-18-12-25-17(5)20(26)19(18)14-30-22(28)24(8,9)16(4)11-2/h1-2,12,15-16,26H,13-14H2,3-9H3. The third-order valence-electron chi connectivity index (χ3n) is 5.85. The van der Waals surface area contributed by atoms with Gasteiger partial charge >= 0.3 is 11.9 Å². The van der Waals surface area contributed by atoms with Crippen LogP contribution in [0.2, 0.25) is 0 Å². The van der Waals surface area contributed by atoms with Crippen LogP contribution in [0.5, 0.6) is 5.75 Å². The maximum Gasteiger partial charge on any atom is 0.313 e. The highest BCUT2D eigenvalue weighted by molar-refractivity contribution is 5.77. The van der Waals surface area contributed by atoms with E-state index in [4.69, 9.17) is 22.3 Å². The Labute approximate surface area is 179 Å². The van der Waals surface area contributed by atoms with Gasteiger partial charge in [0.2, 0.25) is 0 Å². The molecule has 1 aromatic rings. The second kappa shape index (κ2) is 9.67. The minimum atomic E-state index is -0.894. The Kier molecular flexibility index (Phi) is 8.08. The van der Waals surface area contributed by atoms with Crippen molar-refractivity contribution in [3.8, 4) is 30.4 Å². The molecule has 6 nitrogen and oxygen atoms in total. The zero-order valence-corrected chi connectivity index (χ0v) is 18.8. The number of hydrogen-bond acceptors (Lipinski definition) is 6.